The van der Waals surface area contributed by atoms with Crippen LogP contribution in [-0.2, 0) is 27.9 Å². The van der Waals surface area contributed by atoms with E-state index in [4.69, 9.17) is 24.3 Å². The molecule has 0 aromatic heterocycles. The largest absolute Gasteiger partial charge is 0.472 e. The number of hydrogen-bond donors (Lipinski definition) is 2. The lowest BCUT2D eigenvalue weighted by Gasteiger charge is -2.20. The van der Waals surface area contributed by atoms with Crippen molar-refractivity contribution < 1.29 is 32.8 Å². The Hall–Kier alpha value is -1.02. The third-order valence-corrected chi connectivity index (χ3v) is 13.1. The summed E-state index contributed by atoms with van der Waals surface area (Å²) >= 11 is 0. The fourth-order valence-corrected chi connectivity index (χ4v) is 8.85. The fourth-order valence-electron chi connectivity index (χ4n) is 8.09. The number of phosphoric acid groups is 1. The molecule has 0 bridgehead atoms. The third kappa shape index (κ3) is 51.8. The fraction of sp³-hybridized carbons (Fsp3) is 0.907. The maximum Gasteiger partial charge on any atom is 0.472 e. The molecule has 0 aliphatic heterocycles. The maximum atomic E-state index is 12.7. The van der Waals surface area contributed by atoms with Crippen LogP contribution in [0.3, 0.4) is 0 Å². The second kappa shape index (κ2) is 52.0. The van der Waals surface area contributed by atoms with Gasteiger partial charge < -0.3 is 20.1 Å². The standard InChI is InChI=1S/C54H106NO7P/c1-3-5-7-9-11-13-15-17-19-21-23-25-26-27-28-30-32-34-36-38-40-42-44-46-49-59-51-53(52-61-63(57,58)60-50-48-55)62-54(56)47-45-43-41-39-37-35-33-31-29-24-22-20-18-16-14-12-10-8-6-4-2/h15,17,21,23,53H,3-14,16,18-20,22,24-52,55H2,1-2H3,(H,57,58)/b17-15-,23-21-. The van der Waals surface area contributed by atoms with Gasteiger partial charge >= 0.3 is 13.8 Å². The van der Waals surface area contributed by atoms with Crippen LogP contribution in [0.2, 0.25) is 0 Å². The zero-order chi connectivity index (χ0) is 45.8. The molecule has 8 nitrogen and oxygen atoms in total. The number of carbonyl (C=O) groups excluding carboxylic acids is 1. The van der Waals surface area contributed by atoms with Crippen LogP contribution in [0.15, 0.2) is 24.3 Å². The number of hydrogen-bond acceptors (Lipinski definition) is 7. The van der Waals surface area contributed by atoms with Gasteiger partial charge in [0.15, 0.2) is 0 Å². The first-order valence-electron chi connectivity index (χ1n) is 27.3. The Labute approximate surface area is 391 Å². The van der Waals surface area contributed by atoms with Gasteiger partial charge in [0.05, 0.1) is 19.8 Å². The van der Waals surface area contributed by atoms with Crippen LogP contribution in [0.1, 0.15) is 277 Å². The molecule has 374 valence electrons. The monoisotopic (exact) mass is 912 g/mol. The molecule has 0 amide bonds. The van der Waals surface area contributed by atoms with Gasteiger partial charge in [0, 0.05) is 19.6 Å². The second-order valence-corrected chi connectivity index (χ2v) is 19.9. The molecular weight excluding hydrogens is 806 g/mol. The molecule has 0 spiro atoms. The van der Waals surface area contributed by atoms with Crippen molar-refractivity contribution in [3.05, 3.63) is 24.3 Å². The SMILES string of the molecule is CCCCCCC/C=C\C/C=C\CCCCCCCCCCCCCCOCC(COP(=O)(O)OCCN)OC(=O)CCCCCCCCCCCCCCCCCCCCCC. The van der Waals surface area contributed by atoms with Gasteiger partial charge in [-0.3, -0.25) is 13.8 Å². The summed E-state index contributed by atoms with van der Waals surface area (Å²) in [7, 11) is -4.28. The Bertz CT molecular complexity index is 1020. The van der Waals surface area contributed by atoms with Crippen molar-refractivity contribution in [3.8, 4) is 0 Å². The first-order valence-corrected chi connectivity index (χ1v) is 28.8. The minimum atomic E-state index is -4.28. The number of rotatable bonds is 53. The number of esters is 1. The number of ether oxygens (including phenoxy) is 2. The minimum absolute atomic E-state index is 0.0928. The normalized spacial score (nSPS) is 13.4. The smallest absolute Gasteiger partial charge is 0.457 e. The minimum Gasteiger partial charge on any atom is -0.457 e. The van der Waals surface area contributed by atoms with E-state index in [0.29, 0.717) is 13.0 Å². The molecule has 0 saturated heterocycles. The topological polar surface area (TPSA) is 117 Å². The van der Waals surface area contributed by atoms with E-state index in [2.05, 4.69) is 38.2 Å². The van der Waals surface area contributed by atoms with E-state index in [9.17, 15) is 14.3 Å². The van der Waals surface area contributed by atoms with Gasteiger partial charge in [0.1, 0.15) is 6.10 Å². The van der Waals surface area contributed by atoms with Crippen molar-refractivity contribution in [2.45, 2.75) is 283 Å². The Morgan fingerprint density at radius 2 is 0.841 bits per heavy atom. The summed E-state index contributed by atoms with van der Waals surface area (Å²) in [6.45, 7) is 4.98. The summed E-state index contributed by atoms with van der Waals surface area (Å²) in [6.07, 6.45) is 60.8. The van der Waals surface area contributed by atoms with Gasteiger partial charge in [-0.15, -0.1) is 0 Å². The van der Waals surface area contributed by atoms with E-state index in [1.54, 1.807) is 0 Å². The van der Waals surface area contributed by atoms with Crippen LogP contribution < -0.4 is 5.73 Å². The number of phosphoric ester groups is 1. The van der Waals surface area contributed by atoms with Crippen LogP contribution in [0.25, 0.3) is 0 Å². The quantitative estimate of drug-likeness (QED) is 0.0268. The van der Waals surface area contributed by atoms with Gasteiger partial charge in [-0.25, -0.2) is 4.57 Å². The molecule has 0 heterocycles. The summed E-state index contributed by atoms with van der Waals surface area (Å²) in [5, 5.41) is 0. The summed E-state index contributed by atoms with van der Waals surface area (Å²) in [5.41, 5.74) is 5.40. The van der Waals surface area contributed by atoms with Crippen LogP contribution in [0.5, 0.6) is 0 Å². The summed E-state index contributed by atoms with van der Waals surface area (Å²) in [5.74, 6) is -0.324. The van der Waals surface area contributed by atoms with Crippen LogP contribution in [-0.4, -0.2) is 49.9 Å². The average Bonchev–Trinajstić information content (AvgIpc) is 3.28. The molecular formula is C54H106NO7P. The molecule has 0 fully saturated rings. The van der Waals surface area contributed by atoms with E-state index < -0.39 is 13.9 Å². The molecule has 0 aliphatic carbocycles. The number of nitrogens with two attached hydrogens (primary N) is 1. The van der Waals surface area contributed by atoms with Crippen LogP contribution in [0.4, 0.5) is 0 Å². The van der Waals surface area contributed by atoms with E-state index >= 15 is 0 Å². The summed E-state index contributed by atoms with van der Waals surface area (Å²) in [4.78, 5) is 22.6. The van der Waals surface area contributed by atoms with E-state index in [0.717, 1.165) is 38.5 Å². The molecule has 0 saturated carbocycles. The number of unbranched alkanes of at least 4 members (excludes halogenated alkanes) is 36. The molecule has 0 aromatic rings. The van der Waals surface area contributed by atoms with Crippen LogP contribution >= 0.6 is 7.82 Å². The first kappa shape index (κ1) is 62.0. The lowest BCUT2D eigenvalue weighted by Crippen LogP contribution is -2.28. The highest BCUT2D eigenvalue weighted by Gasteiger charge is 2.25. The molecule has 0 rings (SSSR count). The molecule has 63 heavy (non-hydrogen) atoms. The zero-order valence-corrected chi connectivity index (χ0v) is 42.7. The molecule has 0 radical (unpaired) electrons. The van der Waals surface area contributed by atoms with Crippen molar-refractivity contribution in [1.82, 2.24) is 0 Å². The van der Waals surface area contributed by atoms with Crippen molar-refractivity contribution >= 4 is 13.8 Å². The van der Waals surface area contributed by atoms with Gasteiger partial charge in [-0.1, -0.05) is 250 Å². The third-order valence-electron chi connectivity index (χ3n) is 12.1. The average molecular weight is 912 g/mol. The van der Waals surface area contributed by atoms with Crippen molar-refractivity contribution in [3.63, 3.8) is 0 Å². The number of allylic oxidation sites excluding steroid dienone is 4. The predicted molar refractivity (Wildman–Crippen MR) is 270 cm³/mol. The molecule has 2 unspecified atom stereocenters. The van der Waals surface area contributed by atoms with Crippen molar-refractivity contribution in [1.29, 1.82) is 0 Å². The van der Waals surface area contributed by atoms with Crippen molar-refractivity contribution in [2.24, 2.45) is 5.73 Å². The lowest BCUT2D eigenvalue weighted by molar-refractivity contribution is -0.154. The Balaban J connectivity index is 3.87. The van der Waals surface area contributed by atoms with Gasteiger partial charge in [-0.05, 0) is 44.9 Å². The van der Waals surface area contributed by atoms with E-state index in [1.807, 2.05) is 0 Å². The molecule has 0 aliphatic rings. The van der Waals surface area contributed by atoms with Crippen LogP contribution in [0, 0.1) is 0 Å². The lowest BCUT2D eigenvalue weighted by atomic mass is 10.0. The molecule has 2 atom stereocenters. The Morgan fingerprint density at radius 3 is 1.24 bits per heavy atom. The predicted octanol–water partition coefficient (Wildman–Crippen LogP) is 17.2. The van der Waals surface area contributed by atoms with E-state index in [1.165, 1.54) is 218 Å². The molecule has 3 N–H and O–H groups in total. The van der Waals surface area contributed by atoms with Crippen molar-refractivity contribution in [2.75, 3.05) is 33.0 Å². The first-order chi connectivity index (χ1) is 30.9. The molecule has 0 aromatic carbocycles. The van der Waals surface area contributed by atoms with Gasteiger partial charge in [-0.2, -0.15) is 0 Å². The highest BCUT2D eigenvalue weighted by atomic mass is 31.2. The summed E-state index contributed by atoms with van der Waals surface area (Å²) < 4.78 is 33.7. The van der Waals surface area contributed by atoms with Gasteiger partial charge in [0.2, 0.25) is 0 Å². The molecule has 9 heteroatoms. The van der Waals surface area contributed by atoms with E-state index in [-0.39, 0.29) is 32.3 Å². The Kier molecular flexibility index (Phi) is 51.1. The Morgan fingerprint density at radius 1 is 0.476 bits per heavy atom. The van der Waals surface area contributed by atoms with Gasteiger partial charge in [0.25, 0.3) is 0 Å². The number of carbonyl (C=O) groups is 1. The zero-order valence-electron chi connectivity index (χ0n) is 41.8. The maximum absolute atomic E-state index is 12.7. The second-order valence-electron chi connectivity index (χ2n) is 18.5. The highest BCUT2D eigenvalue weighted by Crippen LogP contribution is 2.43. The summed E-state index contributed by atoms with van der Waals surface area (Å²) in [6, 6.07) is 0. The highest BCUT2D eigenvalue weighted by molar-refractivity contribution is 7.47.